The molecule has 3 rings (SSSR count). The minimum atomic E-state index is -0.151. The summed E-state index contributed by atoms with van der Waals surface area (Å²) in [7, 11) is 0. The Kier molecular flexibility index (Phi) is 6.74. The highest BCUT2D eigenvalue weighted by Gasteiger charge is 2.48. The van der Waals surface area contributed by atoms with E-state index in [2.05, 4.69) is 39.0 Å². The first-order valence-corrected chi connectivity index (χ1v) is 11.3. The van der Waals surface area contributed by atoms with E-state index in [-0.39, 0.29) is 23.3 Å². The van der Waals surface area contributed by atoms with Gasteiger partial charge in [-0.05, 0) is 54.2 Å². The molecule has 0 spiro atoms. The van der Waals surface area contributed by atoms with Crippen molar-refractivity contribution in [2.45, 2.75) is 96.4 Å². The molecule has 0 unspecified atom stereocenters. The van der Waals surface area contributed by atoms with E-state index in [0.717, 1.165) is 25.7 Å². The van der Waals surface area contributed by atoms with Crippen LogP contribution in [0.5, 0.6) is 0 Å². The number of unbranched alkanes of at least 4 members (excludes halogenated alkanes) is 3. The summed E-state index contributed by atoms with van der Waals surface area (Å²) in [6.07, 6.45) is 14.2. The van der Waals surface area contributed by atoms with Gasteiger partial charge in [0.25, 0.3) is 11.8 Å². The predicted molar refractivity (Wildman–Crippen MR) is 114 cm³/mol. The van der Waals surface area contributed by atoms with Crippen LogP contribution in [0.25, 0.3) is 0 Å². The zero-order valence-corrected chi connectivity index (χ0v) is 17.8. The SMILES string of the molecule is CCCCc1cccc2c1C(CCCC)(CCCC)C[C@@H]2N1C(=O)C=CC1=O. The number of benzene rings is 1. The Morgan fingerprint density at radius 3 is 2.11 bits per heavy atom. The molecule has 0 fully saturated rings. The van der Waals surface area contributed by atoms with Crippen LogP contribution in [0.2, 0.25) is 0 Å². The van der Waals surface area contributed by atoms with Gasteiger partial charge in [0, 0.05) is 12.2 Å². The molecule has 1 heterocycles. The maximum absolute atomic E-state index is 12.5. The Morgan fingerprint density at radius 1 is 0.929 bits per heavy atom. The summed E-state index contributed by atoms with van der Waals surface area (Å²) in [5.41, 5.74) is 4.25. The molecule has 1 aromatic rings. The molecular formula is C25H35NO2. The van der Waals surface area contributed by atoms with Gasteiger partial charge < -0.3 is 0 Å². The van der Waals surface area contributed by atoms with Gasteiger partial charge in [-0.25, -0.2) is 0 Å². The number of hydrogen-bond acceptors (Lipinski definition) is 2. The number of aryl methyl sites for hydroxylation is 1. The van der Waals surface area contributed by atoms with Gasteiger partial charge in [0.2, 0.25) is 0 Å². The number of hydrogen-bond donors (Lipinski definition) is 0. The van der Waals surface area contributed by atoms with Gasteiger partial charge in [-0.1, -0.05) is 71.1 Å². The molecule has 1 atom stereocenters. The van der Waals surface area contributed by atoms with Crippen LogP contribution in [-0.4, -0.2) is 16.7 Å². The molecule has 28 heavy (non-hydrogen) atoms. The van der Waals surface area contributed by atoms with Gasteiger partial charge in [-0.3, -0.25) is 14.5 Å². The molecule has 1 aliphatic heterocycles. The third kappa shape index (κ3) is 3.81. The molecule has 1 aliphatic carbocycles. The highest BCUT2D eigenvalue weighted by Crippen LogP contribution is 2.54. The van der Waals surface area contributed by atoms with Crippen molar-refractivity contribution in [3.05, 3.63) is 47.0 Å². The number of imide groups is 1. The summed E-state index contributed by atoms with van der Waals surface area (Å²) in [6, 6.07) is 6.48. The quantitative estimate of drug-likeness (QED) is 0.465. The summed E-state index contributed by atoms with van der Waals surface area (Å²) < 4.78 is 0. The molecule has 0 radical (unpaired) electrons. The normalized spacial score (nSPS) is 20.2. The van der Waals surface area contributed by atoms with Crippen LogP contribution >= 0.6 is 0 Å². The van der Waals surface area contributed by atoms with Crippen LogP contribution in [0, 0.1) is 0 Å². The lowest BCUT2D eigenvalue weighted by Crippen LogP contribution is -2.34. The molecule has 0 N–H and O–H groups in total. The Balaban J connectivity index is 2.09. The van der Waals surface area contributed by atoms with Gasteiger partial charge in [0.15, 0.2) is 0 Å². The fraction of sp³-hybridized carbons (Fsp3) is 0.600. The van der Waals surface area contributed by atoms with Crippen molar-refractivity contribution < 1.29 is 9.59 Å². The Labute approximate surface area is 170 Å². The van der Waals surface area contributed by atoms with Gasteiger partial charge in [0.05, 0.1) is 6.04 Å². The largest absolute Gasteiger partial charge is 0.269 e. The number of nitrogens with zero attached hydrogens (tertiary/aromatic N) is 1. The second-order valence-electron chi connectivity index (χ2n) is 8.57. The lowest BCUT2D eigenvalue weighted by molar-refractivity contribution is -0.139. The number of amides is 2. The first-order valence-electron chi connectivity index (χ1n) is 11.3. The first-order chi connectivity index (χ1) is 13.6. The van der Waals surface area contributed by atoms with E-state index in [4.69, 9.17) is 0 Å². The summed E-state index contributed by atoms with van der Waals surface area (Å²) in [5.74, 6) is -0.302. The van der Waals surface area contributed by atoms with Gasteiger partial charge >= 0.3 is 0 Å². The van der Waals surface area contributed by atoms with Crippen LogP contribution in [0.1, 0.15) is 101 Å². The zero-order chi connectivity index (χ0) is 20.1. The topological polar surface area (TPSA) is 37.4 Å². The molecule has 0 saturated carbocycles. The van der Waals surface area contributed by atoms with Gasteiger partial charge in [0.1, 0.15) is 0 Å². The van der Waals surface area contributed by atoms with Gasteiger partial charge in [-0.15, -0.1) is 0 Å². The van der Waals surface area contributed by atoms with Crippen molar-refractivity contribution in [1.82, 2.24) is 4.90 Å². The maximum atomic E-state index is 12.5. The molecule has 2 amide bonds. The zero-order valence-electron chi connectivity index (χ0n) is 17.8. The summed E-state index contributed by atoms with van der Waals surface area (Å²) in [5, 5.41) is 0. The summed E-state index contributed by atoms with van der Waals surface area (Å²) in [4.78, 5) is 26.5. The molecule has 0 aromatic heterocycles. The van der Waals surface area contributed by atoms with E-state index < -0.39 is 0 Å². The molecule has 152 valence electrons. The minimum Gasteiger partial charge on any atom is -0.269 e. The highest BCUT2D eigenvalue weighted by molar-refractivity contribution is 6.13. The van der Waals surface area contributed by atoms with Crippen molar-refractivity contribution in [3.63, 3.8) is 0 Å². The van der Waals surface area contributed by atoms with Crippen molar-refractivity contribution in [2.75, 3.05) is 0 Å². The lowest BCUT2D eigenvalue weighted by atomic mass is 9.71. The summed E-state index contributed by atoms with van der Waals surface area (Å²) in [6.45, 7) is 6.74. The predicted octanol–water partition coefficient (Wildman–Crippen LogP) is 6.02. The number of rotatable bonds is 10. The van der Waals surface area contributed by atoms with E-state index in [1.165, 1.54) is 72.3 Å². The highest BCUT2D eigenvalue weighted by atomic mass is 16.2. The average molecular weight is 382 g/mol. The monoisotopic (exact) mass is 381 g/mol. The fourth-order valence-corrected chi connectivity index (χ4v) is 5.26. The van der Waals surface area contributed by atoms with Gasteiger partial charge in [-0.2, -0.15) is 0 Å². The van der Waals surface area contributed by atoms with E-state index in [1.807, 2.05) is 0 Å². The van der Waals surface area contributed by atoms with Crippen molar-refractivity contribution in [1.29, 1.82) is 0 Å². The maximum Gasteiger partial charge on any atom is 0.254 e. The fourth-order valence-electron chi connectivity index (χ4n) is 5.26. The average Bonchev–Trinajstić information content (AvgIpc) is 3.20. The van der Waals surface area contributed by atoms with Crippen LogP contribution in [0.15, 0.2) is 30.4 Å². The Morgan fingerprint density at radius 2 is 1.54 bits per heavy atom. The Bertz CT molecular complexity index is 723. The van der Waals surface area contributed by atoms with Crippen LogP contribution < -0.4 is 0 Å². The van der Waals surface area contributed by atoms with Crippen molar-refractivity contribution >= 4 is 11.8 Å². The van der Waals surface area contributed by atoms with E-state index in [9.17, 15) is 9.59 Å². The Hall–Kier alpha value is -1.90. The molecule has 1 aromatic carbocycles. The molecular weight excluding hydrogens is 346 g/mol. The van der Waals surface area contributed by atoms with Crippen LogP contribution in [0.4, 0.5) is 0 Å². The second-order valence-corrected chi connectivity index (χ2v) is 8.57. The molecule has 0 bridgehead atoms. The minimum absolute atomic E-state index is 0.0967. The lowest BCUT2D eigenvalue weighted by Gasteiger charge is -2.33. The van der Waals surface area contributed by atoms with Crippen molar-refractivity contribution in [2.24, 2.45) is 0 Å². The third-order valence-electron chi connectivity index (χ3n) is 6.63. The van der Waals surface area contributed by atoms with Crippen LogP contribution in [-0.2, 0) is 21.4 Å². The molecule has 3 nitrogen and oxygen atoms in total. The molecule has 3 heteroatoms. The third-order valence-corrected chi connectivity index (χ3v) is 6.63. The van der Waals surface area contributed by atoms with E-state index in [0.29, 0.717) is 0 Å². The number of carbonyl (C=O) groups is 2. The summed E-state index contributed by atoms with van der Waals surface area (Å²) >= 11 is 0. The second kappa shape index (κ2) is 9.07. The van der Waals surface area contributed by atoms with E-state index in [1.54, 1.807) is 0 Å². The van der Waals surface area contributed by atoms with Crippen LogP contribution in [0.3, 0.4) is 0 Å². The first kappa shape index (κ1) is 20.8. The van der Waals surface area contributed by atoms with E-state index >= 15 is 0 Å². The van der Waals surface area contributed by atoms with Crippen molar-refractivity contribution in [3.8, 4) is 0 Å². The number of fused-ring (bicyclic) bond motifs is 1. The molecule has 2 aliphatic rings. The standard InChI is InChI=1S/C25H35NO2/c1-4-7-11-19-12-10-13-20-21(26-22(27)14-15-23(26)28)18-25(24(19)20,16-8-5-2)17-9-6-3/h10,12-15,21H,4-9,11,16-18H2,1-3H3/t21-/m0/s1. The smallest absolute Gasteiger partial charge is 0.254 e. The number of carbonyl (C=O) groups excluding carboxylic acids is 2. The molecule has 0 saturated heterocycles.